The highest BCUT2D eigenvalue weighted by Gasteiger charge is 2.18. The summed E-state index contributed by atoms with van der Waals surface area (Å²) in [6, 6.07) is 24.6. The molecule has 0 aliphatic carbocycles. The number of piperazine rings is 1. The maximum atomic E-state index is 6.64. The molecular weight excluding hydrogens is 484 g/mol. The zero-order valence-electron chi connectivity index (χ0n) is 23.2. The van der Waals surface area contributed by atoms with Gasteiger partial charge < -0.3 is 27.0 Å². The van der Waals surface area contributed by atoms with Gasteiger partial charge in [0.25, 0.3) is 0 Å². The first kappa shape index (κ1) is 27.7. The quantitative estimate of drug-likeness (QED) is 0.180. The van der Waals surface area contributed by atoms with E-state index in [1.807, 2.05) is 37.3 Å². The van der Waals surface area contributed by atoms with Crippen LogP contribution in [-0.4, -0.2) is 47.1 Å². The van der Waals surface area contributed by atoms with Gasteiger partial charge in [-0.15, -0.1) is 0 Å². The number of benzene rings is 3. The number of nitrogens with zero attached hydrogens (tertiary/aromatic N) is 3. The third kappa shape index (κ3) is 6.97. The lowest BCUT2D eigenvalue weighted by atomic mass is 10.00. The minimum absolute atomic E-state index is 0.417. The third-order valence-corrected chi connectivity index (χ3v) is 6.50. The zero-order chi connectivity index (χ0) is 27.6. The predicted molar refractivity (Wildman–Crippen MR) is 162 cm³/mol. The molecule has 1 fully saturated rings. The van der Waals surface area contributed by atoms with Gasteiger partial charge in [0.05, 0.1) is 5.52 Å². The smallest absolute Gasteiger partial charge is 0.171 e. The number of aromatic amines is 1. The topological polar surface area (TPSA) is 120 Å². The van der Waals surface area contributed by atoms with Crippen molar-refractivity contribution in [3.05, 3.63) is 101 Å². The lowest BCUT2D eigenvalue weighted by Gasteiger charge is -2.30. The van der Waals surface area contributed by atoms with E-state index in [1.54, 1.807) is 0 Å². The van der Waals surface area contributed by atoms with E-state index in [2.05, 4.69) is 82.0 Å². The van der Waals surface area contributed by atoms with Crippen molar-refractivity contribution >= 4 is 16.7 Å². The molecule has 0 bridgehead atoms. The second-order valence-electron chi connectivity index (χ2n) is 9.64. The van der Waals surface area contributed by atoms with Crippen LogP contribution in [0.4, 0.5) is 0 Å². The molecule has 0 unspecified atom stereocenters. The van der Waals surface area contributed by atoms with Crippen LogP contribution in [0.1, 0.15) is 37.1 Å². The maximum absolute atomic E-state index is 6.64. The molecule has 2 heterocycles. The third-order valence-electron chi connectivity index (χ3n) is 6.50. The van der Waals surface area contributed by atoms with Crippen molar-refractivity contribution in [1.29, 1.82) is 0 Å². The number of aliphatic imine (C=N–C) groups is 1. The van der Waals surface area contributed by atoms with Gasteiger partial charge in [-0.2, -0.15) is 5.10 Å². The first-order valence-electron chi connectivity index (χ1n) is 13.6. The Morgan fingerprint density at radius 1 is 0.974 bits per heavy atom. The summed E-state index contributed by atoms with van der Waals surface area (Å²) in [6.45, 7) is 10.1. The zero-order valence-corrected chi connectivity index (χ0v) is 23.2. The molecule has 0 amide bonds. The summed E-state index contributed by atoms with van der Waals surface area (Å²) >= 11 is 0. The Hall–Kier alpha value is -4.30. The molecule has 1 aliphatic rings. The van der Waals surface area contributed by atoms with Crippen molar-refractivity contribution in [2.24, 2.45) is 16.5 Å². The van der Waals surface area contributed by atoms with E-state index in [1.165, 1.54) is 17.5 Å². The van der Waals surface area contributed by atoms with Crippen molar-refractivity contribution in [2.75, 3.05) is 26.2 Å². The van der Waals surface area contributed by atoms with Crippen molar-refractivity contribution in [3.8, 4) is 11.1 Å². The van der Waals surface area contributed by atoms with Gasteiger partial charge in [0, 0.05) is 49.4 Å². The SMILES string of the molecule is CCC.Cc1[nH]nc2ccc(/C(N)=N/C(=C(\N)NCc3ccccc3-c3ccccc3)N3CCNCC3)cc12. The molecule has 39 heavy (non-hydrogen) atoms. The molecule has 1 aliphatic heterocycles. The number of nitrogens with two attached hydrogens (primary N) is 2. The molecule has 0 radical (unpaired) electrons. The number of hydrogen-bond donors (Lipinski definition) is 5. The molecule has 4 aromatic rings. The molecule has 204 valence electrons. The Labute approximate surface area is 231 Å². The molecule has 1 saturated heterocycles. The van der Waals surface area contributed by atoms with Gasteiger partial charge in [-0.1, -0.05) is 74.9 Å². The van der Waals surface area contributed by atoms with Crippen molar-refractivity contribution < 1.29 is 0 Å². The minimum atomic E-state index is 0.417. The number of amidine groups is 1. The Morgan fingerprint density at radius 3 is 2.41 bits per heavy atom. The van der Waals surface area contributed by atoms with E-state index in [-0.39, 0.29) is 0 Å². The first-order chi connectivity index (χ1) is 19.0. The van der Waals surface area contributed by atoms with E-state index in [0.717, 1.165) is 53.9 Å². The normalized spacial score (nSPS) is 14.4. The highest BCUT2D eigenvalue weighted by molar-refractivity contribution is 6.01. The number of hydrogen-bond acceptors (Lipinski definition) is 6. The van der Waals surface area contributed by atoms with E-state index in [4.69, 9.17) is 16.5 Å². The maximum Gasteiger partial charge on any atom is 0.171 e. The van der Waals surface area contributed by atoms with Gasteiger partial charge in [-0.3, -0.25) is 5.10 Å². The molecule has 1 aromatic heterocycles. The van der Waals surface area contributed by atoms with Crippen LogP contribution in [0.3, 0.4) is 0 Å². The minimum Gasteiger partial charge on any atom is -0.383 e. The van der Waals surface area contributed by atoms with Crippen LogP contribution < -0.4 is 22.1 Å². The molecule has 0 atom stereocenters. The number of fused-ring (bicyclic) bond motifs is 1. The number of aryl methyl sites for hydroxylation is 1. The molecule has 7 N–H and O–H groups in total. The van der Waals surface area contributed by atoms with Crippen LogP contribution in [-0.2, 0) is 6.54 Å². The van der Waals surface area contributed by atoms with E-state index in [9.17, 15) is 0 Å². The molecule has 5 rings (SSSR count). The van der Waals surface area contributed by atoms with Crippen LogP contribution in [0.5, 0.6) is 0 Å². The van der Waals surface area contributed by atoms with Crippen molar-refractivity contribution in [2.45, 2.75) is 33.7 Å². The van der Waals surface area contributed by atoms with Crippen LogP contribution in [0.25, 0.3) is 22.0 Å². The van der Waals surface area contributed by atoms with Gasteiger partial charge in [0.2, 0.25) is 0 Å². The number of H-pyrrole nitrogens is 1. The van der Waals surface area contributed by atoms with Gasteiger partial charge in [0.1, 0.15) is 11.7 Å². The Kier molecular flexibility index (Phi) is 9.58. The van der Waals surface area contributed by atoms with Crippen molar-refractivity contribution in [1.82, 2.24) is 25.7 Å². The summed E-state index contributed by atoms with van der Waals surface area (Å²) < 4.78 is 0. The first-order valence-corrected chi connectivity index (χ1v) is 13.6. The summed E-state index contributed by atoms with van der Waals surface area (Å²) in [6.07, 6.45) is 1.25. The highest BCUT2D eigenvalue weighted by atomic mass is 15.3. The van der Waals surface area contributed by atoms with E-state index >= 15 is 0 Å². The molecular formula is C31H40N8. The van der Waals surface area contributed by atoms with Crippen LogP contribution in [0, 0.1) is 6.92 Å². The monoisotopic (exact) mass is 524 g/mol. The summed E-state index contributed by atoms with van der Waals surface area (Å²) in [5, 5.41) is 15.2. The van der Waals surface area contributed by atoms with Gasteiger partial charge >= 0.3 is 0 Å². The second kappa shape index (κ2) is 13.5. The summed E-state index contributed by atoms with van der Waals surface area (Å²) in [7, 11) is 0. The fourth-order valence-electron chi connectivity index (χ4n) is 4.50. The number of rotatable bonds is 7. The van der Waals surface area contributed by atoms with E-state index in [0.29, 0.717) is 24.0 Å². The summed E-state index contributed by atoms with van der Waals surface area (Å²) in [4.78, 5) is 7.02. The van der Waals surface area contributed by atoms with Gasteiger partial charge in [0.15, 0.2) is 5.82 Å². The fraction of sp³-hybridized carbons (Fsp3) is 0.290. The Balaban J connectivity index is 0.00000112. The largest absolute Gasteiger partial charge is 0.383 e. The number of nitrogens with one attached hydrogen (secondary N) is 3. The van der Waals surface area contributed by atoms with E-state index < -0.39 is 0 Å². The van der Waals surface area contributed by atoms with Crippen molar-refractivity contribution in [3.63, 3.8) is 0 Å². The average Bonchev–Trinajstić information content (AvgIpc) is 3.35. The standard InChI is InChI=1S/C28H32N8.C3H8/c1-19-24-17-21(11-12-25(24)35-34-19)26(29)33-28(36-15-13-31-14-16-36)27(30)32-18-22-9-5-6-10-23(22)20-7-3-2-4-8-20;1-3-2/h2-12,17,31-32H,13-16,18,30H2,1H3,(H2,29,33)(H,34,35);3H2,1-2H3/b28-27-;. The fourth-order valence-corrected chi connectivity index (χ4v) is 4.50. The molecule has 8 heteroatoms. The lowest BCUT2D eigenvalue weighted by Crippen LogP contribution is -2.44. The Morgan fingerprint density at radius 2 is 1.67 bits per heavy atom. The molecule has 8 nitrogen and oxygen atoms in total. The van der Waals surface area contributed by atoms with Crippen LogP contribution >= 0.6 is 0 Å². The predicted octanol–water partition coefficient (Wildman–Crippen LogP) is 4.44. The number of aromatic nitrogens is 2. The van der Waals surface area contributed by atoms with Crippen LogP contribution in [0.2, 0.25) is 0 Å². The van der Waals surface area contributed by atoms with Gasteiger partial charge in [-0.25, -0.2) is 4.99 Å². The molecule has 3 aromatic carbocycles. The summed E-state index contributed by atoms with van der Waals surface area (Å²) in [5.41, 5.74) is 19.4. The second-order valence-corrected chi connectivity index (χ2v) is 9.64. The molecule has 0 saturated carbocycles. The van der Waals surface area contributed by atoms with Crippen LogP contribution in [0.15, 0.2) is 89.4 Å². The Bertz CT molecular complexity index is 1420. The molecule has 0 spiro atoms. The lowest BCUT2D eigenvalue weighted by molar-refractivity contribution is 0.291. The average molecular weight is 525 g/mol. The summed E-state index contributed by atoms with van der Waals surface area (Å²) in [5.74, 6) is 1.58. The van der Waals surface area contributed by atoms with Gasteiger partial charge in [-0.05, 0) is 41.8 Å². The highest BCUT2D eigenvalue weighted by Crippen LogP contribution is 2.24.